The SMILES string of the molecule is CCc1nccn1-c1ccccc1C(=O)Nc1ccc(C(=O)N2CCC(F)(F)/C(=C\C(=O)N(C)C)c3ccccc32)cc1. The van der Waals surface area contributed by atoms with Crippen LogP contribution in [0.2, 0.25) is 0 Å². The number of aromatic nitrogens is 2. The smallest absolute Gasteiger partial charge is 0.275 e. The highest BCUT2D eigenvalue weighted by atomic mass is 19.3. The average Bonchev–Trinajstić information content (AvgIpc) is 3.45. The van der Waals surface area contributed by atoms with E-state index < -0.39 is 29.7 Å². The number of imidazole rings is 1. The first-order valence-electron chi connectivity index (χ1n) is 13.9. The summed E-state index contributed by atoms with van der Waals surface area (Å²) < 4.78 is 32.5. The highest BCUT2D eigenvalue weighted by Crippen LogP contribution is 2.43. The average molecular weight is 584 g/mol. The molecule has 220 valence electrons. The summed E-state index contributed by atoms with van der Waals surface area (Å²) in [6.07, 6.45) is 4.49. The molecule has 4 aromatic rings. The van der Waals surface area contributed by atoms with Gasteiger partial charge in [-0.15, -0.1) is 0 Å². The second kappa shape index (κ2) is 12.0. The molecular formula is C33H31F2N5O3. The normalized spacial score (nSPS) is 15.0. The quantitative estimate of drug-likeness (QED) is 0.289. The van der Waals surface area contributed by atoms with E-state index in [2.05, 4.69) is 10.3 Å². The molecule has 1 aliphatic rings. The lowest BCUT2D eigenvalue weighted by molar-refractivity contribution is -0.123. The van der Waals surface area contributed by atoms with Crippen molar-refractivity contribution in [2.75, 3.05) is 30.9 Å². The molecule has 0 saturated heterocycles. The van der Waals surface area contributed by atoms with Crippen LogP contribution in [0.3, 0.4) is 0 Å². The van der Waals surface area contributed by atoms with Gasteiger partial charge in [0.25, 0.3) is 17.7 Å². The van der Waals surface area contributed by atoms with Crippen LogP contribution in [0.1, 0.15) is 45.4 Å². The second-order valence-corrected chi connectivity index (χ2v) is 10.3. The van der Waals surface area contributed by atoms with Crippen molar-refractivity contribution in [3.8, 4) is 5.69 Å². The van der Waals surface area contributed by atoms with Gasteiger partial charge >= 0.3 is 0 Å². The number of nitrogens with one attached hydrogen (secondary N) is 1. The van der Waals surface area contributed by atoms with Gasteiger partial charge in [0.1, 0.15) is 5.82 Å². The Kier molecular flexibility index (Phi) is 8.20. The lowest BCUT2D eigenvalue weighted by Gasteiger charge is -2.23. The number of rotatable bonds is 6. The van der Waals surface area contributed by atoms with E-state index in [0.717, 1.165) is 11.9 Å². The predicted octanol–water partition coefficient (Wildman–Crippen LogP) is 5.84. The molecule has 0 radical (unpaired) electrons. The van der Waals surface area contributed by atoms with Crippen molar-refractivity contribution in [3.05, 3.63) is 114 Å². The van der Waals surface area contributed by atoms with Gasteiger partial charge in [0.15, 0.2) is 0 Å². The molecule has 0 spiro atoms. The molecule has 43 heavy (non-hydrogen) atoms. The second-order valence-electron chi connectivity index (χ2n) is 10.3. The molecule has 10 heteroatoms. The number of benzene rings is 3. The van der Waals surface area contributed by atoms with Crippen LogP contribution >= 0.6 is 0 Å². The van der Waals surface area contributed by atoms with Crippen molar-refractivity contribution in [1.29, 1.82) is 0 Å². The monoisotopic (exact) mass is 583 g/mol. The number of nitrogens with zero attached hydrogens (tertiary/aromatic N) is 4. The van der Waals surface area contributed by atoms with Gasteiger partial charge in [0, 0.05) is 74.3 Å². The molecule has 0 fully saturated rings. The number of allylic oxidation sites excluding steroid dienone is 1. The molecule has 3 aromatic carbocycles. The first-order valence-corrected chi connectivity index (χ1v) is 13.9. The number of halogens is 2. The third-order valence-corrected chi connectivity index (χ3v) is 7.31. The van der Waals surface area contributed by atoms with Gasteiger partial charge < -0.3 is 19.7 Å². The maximum Gasteiger partial charge on any atom is 0.275 e. The first kappa shape index (κ1) is 29.4. The Morgan fingerprint density at radius 2 is 1.65 bits per heavy atom. The molecule has 0 aliphatic carbocycles. The summed E-state index contributed by atoms with van der Waals surface area (Å²) in [4.78, 5) is 46.1. The summed E-state index contributed by atoms with van der Waals surface area (Å²) in [5.41, 5.74) is 1.87. The number of hydrogen-bond acceptors (Lipinski definition) is 4. The van der Waals surface area contributed by atoms with Crippen molar-refractivity contribution in [2.24, 2.45) is 0 Å². The first-order chi connectivity index (χ1) is 20.6. The number of carbonyl (C=O) groups is 3. The molecule has 1 aromatic heterocycles. The Bertz CT molecular complexity index is 1710. The highest BCUT2D eigenvalue weighted by Gasteiger charge is 2.41. The number of alkyl halides is 2. The topological polar surface area (TPSA) is 87.5 Å². The van der Waals surface area contributed by atoms with Crippen LogP contribution in [0.25, 0.3) is 11.3 Å². The number of fused-ring (bicyclic) bond motifs is 1. The van der Waals surface area contributed by atoms with Crippen molar-refractivity contribution in [2.45, 2.75) is 25.7 Å². The van der Waals surface area contributed by atoms with Gasteiger partial charge in [-0.05, 0) is 42.5 Å². The van der Waals surface area contributed by atoms with Crippen molar-refractivity contribution in [3.63, 3.8) is 0 Å². The fourth-order valence-electron chi connectivity index (χ4n) is 5.03. The number of hydrogen-bond donors (Lipinski definition) is 1. The molecule has 0 unspecified atom stereocenters. The summed E-state index contributed by atoms with van der Waals surface area (Å²) in [5, 5.41) is 2.87. The highest BCUT2D eigenvalue weighted by molar-refractivity contribution is 6.10. The Balaban J connectivity index is 1.39. The summed E-state index contributed by atoms with van der Waals surface area (Å²) in [6.45, 7) is 1.74. The maximum absolute atomic E-state index is 15.3. The van der Waals surface area contributed by atoms with Crippen LogP contribution in [0, 0.1) is 0 Å². The zero-order chi connectivity index (χ0) is 30.7. The molecule has 1 N–H and O–H groups in total. The molecule has 8 nitrogen and oxygen atoms in total. The number of likely N-dealkylation sites (N-methyl/N-ethyl adjacent to an activating group) is 1. The minimum Gasteiger partial charge on any atom is -0.345 e. The van der Waals surface area contributed by atoms with E-state index in [1.165, 1.54) is 30.0 Å². The lowest BCUT2D eigenvalue weighted by atomic mass is 9.97. The Hall–Kier alpha value is -5.12. The number of carbonyl (C=O) groups excluding carboxylic acids is 3. The molecule has 1 aliphatic heterocycles. The molecule has 3 amide bonds. The van der Waals surface area contributed by atoms with E-state index in [0.29, 0.717) is 29.0 Å². The fourth-order valence-corrected chi connectivity index (χ4v) is 5.03. The van der Waals surface area contributed by atoms with Crippen LogP contribution < -0.4 is 10.2 Å². The van der Waals surface area contributed by atoms with E-state index >= 15 is 8.78 Å². The van der Waals surface area contributed by atoms with Crippen molar-refractivity contribution in [1.82, 2.24) is 14.5 Å². The lowest BCUT2D eigenvalue weighted by Crippen LogP contribution is -2.33. The van der Waals surface area contributed by atoms with Gasteiger partial charge in [-0.1, -0.05) is 37.3 Å². The van der Waals surface area contributed by atoms with Crippen LogP contribution in [0.5, 0.6) is 0 Å². The van der Waals surface area contributed by atoms with Gasteiger partial charge in [-0.3, -0.25) is 14.4 Å². The Labute approximate surface area is 248 Å². The van der Waals surface area contributed by atoms with Gasteiger partial charge in [0.2, 0.25) is 5.91 Å². The van der Waals surface area contributed by atoms with E-state index in [4.69, 9.17) is 0 Å². The zero-order valence-electron chi connectivity index (χ0n) is 24.1. The number of anilines is 2. The number of para-hydroxylation sites is 2. The zero-order valence-corrected chi connectivity index (χ0v) is 24.1. The fraction of sp³-hybridized carbons (Fsp3) is 0.212. The standard InChI is InChI=1S/C33H31F2N5O3/c1-4-29-36-18-20-39(29)28-12-8-6-10-25(28)31(42)37-23-15-13-22(14-16-23)32(43)40-19-17-33(34,35)26(21-30(41)38(2)3)24-9-5-7-11-27(24)40/h5-16,18,20-21H,4,17,19H2,1-3H3,(H,37,42)/b26-21-. The van der Waals surface area contributed by atoms with Crippen molar-refractivity contribution >= 4 is 34.7 Å². The summed E-state index contributed by atoms with van der Waals surface area (Å²) in [7, 11) is 2.98. The minimum atomic E-state index is -3.32. The molecule has 5 rings (SSSR count). The largest absolute Gasteiger partial charge is 0.345 e. The van der Waals surface area contributed by atoms with Gasteiger partial charge in [0.05, 0.1) is 16.9 Å². The molecule has 0 saturated carbocycles. The van der Waals surface area contributed by atoms with Crippen LogP contribution in [-0.2, 0) is 11.2 Å². The Morgan fingerprint density at radius 1 is 0.977 bits per heavy atom. The molecule has 0 atom stereocenters. The van der Waals surface area contributed by atoms with E-state index in [1.807, 2.05) is 23.6 Å². The summed E-state index contributed by atoms with van der Waals surface area (Å²) in [5.74, 6) is -3.88. The summed E-state index contributed by atoms with van der Waals surface area (Å²) >= 11 is 0. The van der Waals surface area contributed by atoms with Gasteiger partial charge in [-0.25, -0.2) is 13.8 Å². The summed E-state index contributed by atoms with van der Waals surface area (Å²) in [6, 6.07) is 19.8. The van der Waals surface area contributed by atoms with E-state index in [1.54, 1.807) is 67.0 Å². The van der Waals surface area contributed by atoms with Crippen LogP contribution in [0.4, 0.5) is 20.2 Å². The van der Waals surface area contributed by atoms with E-state index in [9.17, 15) is 14.4 Å². The predicted molar refractivity (Wildman–Crippen MR) is 162 cm³/mol. The molecule has 2 heterocycles. The Morgan fingerprint density at radius 3 is 2.35 bits per heavy atom. The van der Waals surface area contributed by atoms with Gasteiger partial charge in [-0.2, -0.15) is 0 Å². The number of aryl methyl sites for hydroxylation is 1. The number of amides is 3. The van der Waals surface area contributed by atoms with Crippen LogP contribution in [-0.4, -0.2) is 58.7 Å². The van der Waals surface area contributed by atoms with Crippen LogP contribution in [0.15, 0.2) is 91.3 Å². The third kappa shape index (κ3) is 5.94. The maximum atomic E-state index is 15.3. The van der Waals surface area contributed by atoms with Crippen molar-refractivity contribution < 1.29 is 23.2 Å². The molecular weight excluding hydrogens is 552 g/mol. The minimum absolute atomic E-state index is 0.125. The third-order valence-electron chi connectivity index (χ3n) is 7.31. The molecule has 0 bridgehead atoms. The van der Waals surface area contributed by atoms with E-state index in [-0.39, 0.29) is 23.6 Å².